The Morgan fingerprint density at radius 3 is 2.05 bits per heavy atom. The van der Waals surface area contributed by atoms with Crippen LogP contribution in [0.25, 0.3) is 10.9 Å². The lowest BCUT2D eigenvalue weighted by Crippen LogP contribution is -2.05. The predicted molar refractivity (Wildman–Crippen MR) is 72.7 cm³/mol. The Bertz CT molecular complexity index is 654. The number of hydrogen-bond donors (Lipinski definition) is 0. The number of fused-ring (bicyclic) bond motifs is 1. The van der Waals surface area contributed by atoms with Gasteiger partial charge in [-0.25, -0.2) is 9.78 Å². The van der Waals surface area contributed by atoms with Crippen LogP contribution in [0.15, 0.2) is 18.2 Å². The normalized spacial score (nSPS) is 10.2. The molecule has 1 heterocycles. The van der Waals surface area contributed by atoms with E-state index in [0.717, 1.165) is 5.39 Å². The second kappa shape index (κ2) is 5.64. The van der Waals surface area contributed by atoms with Gasteiger partial charge < -0.3 is 18.9 Å². The number of benzene rings is 1. The van der Waals surface area contributed by atoms with Crippen molar-refractivity contribution in [3.8, 4) is 17.2 Å². The Morgan fingerprint density at radius 2 is 1.50 bits per heavy atom. The summed E-state index contributed by atoms with van der Waals surface area (Å²) in [7, 11) is 5.90. The summed E-state index contributed by atoms with van der Waals surface area (Å²) in [5.41, 5.74) is 0.728. The highest BCUT2D eigenvalue weighted by atomic mass is 16.5. The smallest absolute Gasteiger partial charge is 0.356 e. The molecule has 1 aromatic carbocycles. The number of carbonyl (C=O) groups excluding carboxylic acids is 1. The van der Waals surface area contributed by atoms with Crippen molar-refractivity contribution in [1.82, 2.24) is 4.98 Å². The molecule has 0 radical (unpaired) electrons. The van der Waals surface area contributed by atoms with E-state index >= 15 is 0 Å². The predicted octanol–water partition coefficient (Wildman–Crippen LogP) is 2.05. The molecule has 0 aliphatic heterocycles. The van der Waals surface area contributed by atoms with Crippen molar-refractivity contribution in [2.75, 3.05) is 28.4 Å². The molecule has 0 fully saturated rings. The van der Waals surface area contributed by atoms with Gasteiger partial charge in [-0.05, 0) is 6.07 Å². The number of methoxy groups -OCH3 is 4. The summed E-state index contributed by atoms with van der Waals surface area (Å²) in [5, 5.41) is 0.720. The van der Waals surface area contributed by atoms with Crippen LogP contribution in [0, 0.1) is 0 Å². The highest BCUT2D eigenvalue weighted by Crippen LogP contribution is 2.35. The van der Waals surface area contributed by atoms with Crippen LogP contribution in [-0.2, 0) is 4.74 Å². The molecule has 0 unspecified atom stereocenters. The first-order valence-electron chi connectivity index (χ1n) is 5.83. The van der Waals surface area contributed by atoms with E-state index in [2.05, 4.69) is 9.72 Å². The molecule has 0 spiro atoms. The maximum absolute atomic E-state index is 11.6. The van der Waals surface area contributed by atoms with Gasteiger partial charge >= 0.3 is 5.97 Å². The lowest BCUT2D eigenvalue weighted by Gasteiger charge is -2.12. The number of pyridine rings is 1. The average molecular weight is 277 g/mol. The lowest BCUT2D eigenvalue weighted by molar-refractivity contribution is 0.0594. The molecule has 0 saturated heterocycles. The van der Waals surface area contributed by atoms with Crippen LogP contribution in [0.3, 0.4) is 0 Å². The fraction of sp³-hybridized carbons (Fsp3) is 0.286. The summed E-state index contributed by atoms with van der Waals surface area (Å²) < 4.78 is 20.4. The van der Waals surface area contributed by atoms with E-state index in [0.29, 0.717) is 22.8 Å². The standard InChI is InChI=1S/C14H15NO5/c1-17-11-7-10(14(16)20-4)15-9-6-13(19-3)12(18-2)5-8(9)11/h5-7H,1-4H3. The zero-order valence-electron chi connectivity index (χ0n) is 11.7. The molecule has 0 aliphatic carbocycles. The van der Waals surface area contributed by atoms with E-state index in [4.69, 9.17) is 14.2 Å². The summed E-state index contributed by atoms with van der Waals surface area (Å²) >= 11 is 0. The quantitative estimate of drug-likeness (QED) is 0.797. The second-order valence-corrected chi connectivity index (χ2v) is 3.93. The summed E-state index contributed by atoms with van der Waals surface area (Å²) in [4.78, 5) is 15.9. The Labute approximate surface area is 116 Å². The van der Waals surface area contributed by atoms with Crippen molar-refractivity contribution in [2.45, 2.75) is 0 Å². The summed E-state index contributed by atoms with van der Waals surface area (Å²) in [6, 6.07) is 4.96. The third-order valence-electron chi connectivity index (χ3n) is 2.89. The maximum Gasteiger partial charge on any atom is 0.356 e. The molecule has 0 bridgehead atoms. The molecular weight excluding hydrogens is 262 g/mol. The van der Waals surface area contributed by atoms with Gasteiger partial charge in [0.05, 0.1) is 34.0 Å². The molecule has 0 amide bonds. The molecule has 0 aliphatic rings. The van der Waals surface area contributed by atoms with E-state index in [9.17, 15) is 4.79 Å². The highest BCUT2D eigenvalue weighted by molar-refractivity contribution is 5.95. The van der Waals surface area contributed by atoms with Crippen molar-refractivity contribution >= 4 is 16.9 Å². The van der Waals surface area contributed by atoms with Crippen LogP contribution in [0.5, 0.6) is 17.2 Å². The van der Waals surface area contributed by atoms with Crippen LogP contribution >= 0.6 is 0 Å². The van der Waals surface area contributed by atoms with Crippen LogP contribution < -0.4 is 14.2 Å². The van der Waals surface area contributed by atoms with E-state index in [1.165, 1.54) is 27.4 Å². The minimum Gasteiger partial charge on any atom is -0.496 e. The molecule has 0 atom stereocenters. The Hall–Kier alpha value is -2.50. The minimum atomic E-state index is -0.528. The first-order valence-corrected chi connectivity index (χ1v) is 5.83. The van der Waals surface area contributed by atoms with Crippen molar-refractivity contribution in [3.05, 3.63) is 23.9 Å². The maximum atomic E-state index is 11.6. The fourth-order valence-corrected chi connectivity index (χ4v) is 1.90. The van der Waals surface area contributed by atoms with Gasteiger partial charge in [0.1, 0.15) is 5.75 Å². The van der Waals surface area contributed by atoms with Gasteiger partial charge in [-0.3, -0.25) is 0 Å². The van der Waals surface area contributed by atoms with Crippen LogP contribution in [0.2, 0.25) is 0 Å². The number of carbonyl (C=O) groups is 1. The monoisotopic (exact) mass is 277 g/mol. The van der Waals surface area contributed by atoms with Crippen molar-refractivity contribution < 1.29 is 23.7 Å². The molecule has 2 aromatic rings. The van der Waals surface area contributed by atoms with Gasteiger partial charge in [0.2, 0.25) is 0 Å². The summed E-state index contributed by atoms with van der Waals surface area (Å²) in [5.74, 6) is 1.07. The third kappa shape index (κ3) is 2.32. The second-order valence-electron chi connectivity index (χ2n) is 3.93. The molecule has 6 nitrogen and oxygen atoms in total. The van der Waals surface area contributed by atoms with Crippen molar-refractivity contribution in [3.63, 3.8) is 0 Å². The van der Waals surface area contributed by atoms with Crippen LogP contribution in [0.1, 0.15) is 10.5 Å². The summed E-state index contributed by atoms with van der Waals surface area (Å²) in [6.45, 7) is 0. The number of rotatable bonds is 4. The van der Waals surface area contributed by atoms with E-state index in [1.807, 2.05) is 0 Å². The largest absolute Gasteiger partial charge is 0.496 e. The zero-order valence-corrected chi connectivity index (χ0v) is 11.7. The number of esters is 1. The third-order valence-corrected chi connectivity index (χ3v) is 2.89. The highest BCUT2D eigenvalue weighted by Gasteiger charge is 2.15. The summed E-state index contributed by atoms with van der Waals surface area (Å²) in [6.07, 6.45) is 0. The van der Waals surface area contributed by atoms with Crippen molar-refractivity contribution in [1.29, 1.82) is 0 Å². The van der Waals surface area contributed by atoms with Crippen LogP contribution in [-0.4, -0.2) is 39.4 Å². The number of ether oxygens (including phenoxy) is 4. The Kier molecular flexibility index (Phi) is 3.93. The SMILES string of the molecule is COC(=O)c1cc(OC)c2cc(OC)c(OC)cc2n1. The average Bonchev–Trinajstić information content (AvgIpc) is 2.51. The van der Waals surface area contributed by atoms with E-state index in [1.54, 1.807) is 19.2 Å². The topological polar surface area (TPSA) is 66.9 Å². The Balaban J connectivity index is 2.74. The number of nitrogens with zero attached hydrogens (tertiary/aromatic N) is 1. The Morgan fingerprint density at radius 1 is 0.900 bits per heavy atom. The van der Waals surface area contributed by atoms with Crippen LogP contribution in [0.4, 0.5) is 0 Å². The van der Waals surface area contributed by atoms with Gasteiger partial charge in [-0.2, -0.15) is 0 Å². The molecular formula is C14H15NO5. The van der Waals surface area contributed by atoms with Gasteiger partial charge in [0.25, 0.3) is 0 Å². The molecule has 1 aromatic heterocycles. The molecule has 20 heavy (non-hydrogen) atoms. The number of hydrogen-bond acceptors (Lipinski definition) is 6. The van der Waals surface area contributed by atoms with Gasteiger partial charge in [-0.15, -0.1) is 0 Å². The van der Waals surface area contributed by atoms with Gasteiger partial charge in [0.15, 0.2) is 17.2 Å². The lowest BCUT2D eigenvalue weighted by atomic mass is 10.1. The van der Waals surface area contributed by atoms with E-state index < -0.39 is 5.97 Å². The molecule has 2 rings (SSSR count). The fourth-order valence-electron chi connectivity index (χ4n) is 1.90. The first kappa shape index (κ1) is 13.9. The van der Waals surface area contributed by atoms with Gasteiger partial charge in [-0.1, -0.05) is 0 Å². The molecule has 0 N–H and O–H groups in total. The first-order chi connectivity index (χ1) is 9.64. The molecule has 0 saturated carbocycles. The number of aromatic nitrogens is 1. The van der Waals surface area contributed by atoms with Gasteiger partial charge in [0, 0.05) is 17.5 Å². The van der Waals surface area contributed by atoms with Crippen molar-refractivity contribution in [2.24, 2.45) is 0 Å². The molecule has 106 valence electrons. The van der Waals surface area contributed by atoms with E-state index in [-0.39, 0.29) is 5.69 Å². The zero-order chi connectivity index (χ0) is 14.7. The molecule has 6 heteroatoms. The minimum absolute atomic E-state index is 0.170.